The molecule has 1 heterocycles. The van der Waals surface area contributed by atoms with Gasteiger partial charge in [-0.2, -0.15) is 0 Å². The Bertz CT molecular complexity index is 1400. The van der Waals surface area contributed by atoms with Crippen molar-refractivity contribution in [2.75, 3.05) is 13.7 Å². The molecule has 0 aliphatic heterocycles. The van der Waals surface area contributed by atoms with Crippen LogP contribution in [-0.2, 0) is 17.8 Å². The van der Waals surface area contributed by atoms with Crippen molar-refractivity contribution in [3.05, 3.63) is 106 Å². The first kappa shape index (κ1) is 26.0. The SMILES string of the molecule is COc1ccc(CC(C)N(C[C@@H](O)c2ccc(OCc3ccccc3)c3[nH]c(=O)ccc23)C(C)=O)cc1. The number of aromatic nitrogens is 1. The number of rotatable bonds is 10. The number of aromatic amines is 1. The Morgan fingerprint density at radius 3 is 2.38 bits per heavy atom. The molecule has 7 nitrogen and oxygen atoms in total. The van der Waals surface area contributed by atoms with Crippen LogP contribution in [-0.4, -0.2) is 40.6 Å². The van der Waals surface area contributed by atoms with Crippen LogP contribution in [0.15, 0.2) is 83.7 Å². The van der Waals surface area contributed by atoms with Gasteiger partial charge in [-0.05, 0) is 54.3 Å². The maximum Gasteiger partial charge on any atom is 0.248 e. The van der Waals surface area contributed by atoms with E-state index in [0.29, 0.717) is 35.2 Å². The molecule has 0 bridgehead atoms. The average Bonchev–Trinajstić information content (AvgIpc) is 2.90. The zero-order valence-electron chi connectivity index (χ0n) is 21.3. The number of aliphatic hydroxyl groups excluding tert-OH is 1. The number of pyridine rings is 1. The number of aliphatic hydroxyl groups is 1. The van der Waals surface area contributed by atoms with E-state index < -0.39 is 6.10 Å². The number of fused-ring (bicyclic) bond motifs is 1. The minimum Gasteiger partial charge on any atom is -0.497 e. The zero-order valence-corrected chi connectivity index (χ0v) is 21.3. The van der Waals surface area contributed by atoms with Crippen LogP contribution in [0.3, 0.4) is 0 Å². The monoisotopic (exact) mass is 500 g/mol. The van der Waals surface area contributed by atoms with Crippen molar-refractivity contribution >= 4 is 16.8 Å². The summed E-state index contributed by atoms with van der Waals surface area (Å²) in [4.78, 5) is 29.2. The van der Waals surface area contributed by atoms with E-state index in [1.165, 1.54) is 13.0 Å². The van der Waals surface area contributed by atoms with Gasteiger partial charge in [0, 0.05) is 24.4 Å². The molecule has 0 radical (unpaired) electrons. The third kappa shape index (κ3) is 6.37. The number of ether oxygens (including phenoxy) is 2. The van der Waals surface area contributed by atoms with Crippen molar-refractivity contribution in [1.82, 2.24) is 9.88 Å². The summed E-state index contributed by atoms with van der Waals surface area (Å²) < 4.78 is 11.2. The molecule has 2 N–H and O–H groups in total. The molecule has 1 unspecified atom stereocenters. The summed E-state index contributed by atoms with van der Waals surface area (Å²) in [6.45, 7) is 3.93. The number of H-pyrrole nitrogens is 1. The molecular weight excluding hydrogens is 468 g/mol. The number of nitrogens with zero attached hydrogens (tertiary/aromatic N) is 1. The molecule has 1 amide bonds. The number of methoxy groups -OCH3 is 1. The van der Waals surface area contributed by atoms with Crippen LogP contribution in [0.4, 0.5) is 0 Å². The van der Waals surface area contributed by atoms with E-state index in [2.05, 4.69) is 4.98 Å². The fourth-order valence-corrected chi connectivity index (χ4v) is 4.51. The lowest BCUT2D eigenvalue weighted by Gasteiger charge is -2.31. The molecule has 1 aromatic heterocycles. The topological polar surface area (TPSA) is 91.9 Å². The molecule has 2 atom stereocenters. The Kier molecular flexibility index (Phi) is 8.25. The van der Waals surface area contributed by atoms with E-state index >= 15 is 0 Å². The maximum atomic E-state index is 12.6. The van der Waals surface area contributed by atoms with Gasteiger partial charge in [-0.3, -0.25) is 9.59 Å². The molecule has 4 rings (SSSR count). The van der Waals surface area contributed by atoms with Crippen LogP contribution < -0.4 is 15.0 Å². The molecule has 0 saturated heterocycles. The normalized spacial score (nSPS) is 12.6. The van der Waals surface area contributed by atoms with E-state index in [1.807, 2.05) is 61.5 Å². The average molecular weight is 501 g/mol. The predicted molar refractivity (Wildman–Crippen MR) is 144 cm³/mol. The summed E-state index contributed by atoms with van der Waals surface area (Å²) >= 11 is 0. The summed E-state index contributed by atoms with van der Waals surface area (Å²) in [5, 5.41) is 11.9. The number of hydrogen-bond acceptors (Lipinski definition) is 5. The number of benzene rings is 3. The van der Waals surface area contributed by atoms with Crippen LogP contribution in [0.25, 0.3) is 10.9 Å². The van der Waals surface area contributed by atoms with Crippen molar-refractivity contribution in [1.29, 1.82) is 0 Å². The lowest BCUT2D eigenvalue weighted by molar-refractivity contribution is -0.132. The van der Waals surface area contributed by atoms with E-state index in [0.717, 1.165) is 16.9 Å². The van der Waals surface area contributed by atoms with Gasteiger partial charge in [-0.15, -0.1) is 0 Å². The van der Waals surface area contributed by atoms with Crippen LogP contribution in [0.1, 0.15) is 36.6 Å². The van der Waals surface area contributed by atoms with Crippen LogP contribution in [0, 0.1) is 0 Å². The van der Waals surface area contributed by atoms with Gasteiger partial charge in [-0.25, -0.2) is 0 Å². The summed E-state index contributed by atoms with van der Waals surface area (Å²) in [6.07, 6.45) is -0.324. The number of amides is 1. The molecular formula is C30H32N2O5. The summed E-state index contributed by atoms with van der Waals surface area (Å²) in [7, 11) is 1.62. The molecule has 192 valence electrons. The molecule has 0 aliphatic carbocycles. The quantitative estimate of drug-likeness (QED) is 0.331. The Morgan fingerprint density at radius 2 is 1.70 bits per heavy atom. The molecule has 7 heteroatoms. The van der Waals surface area contributed by atoms with Gasteiger partial charge in [0.1, 0.15) is 18.1 Å². The fourth-order valence-electron chi connectivity index (χ4n) is 4.51. The third-order valence-electron chi connectivity index (χ3n) is 6.48. The van der Waals surface area contributed by atoms with Crippen molar-refractivity contribution in [2.45, 2.75) is 39.0 Å². The second-order valence-electron chi connectivity index (χ2n) is 9.13. The highest BCUT2D eigenvalue weighted by Gasteiger charge is 2.23. The predicted octanol–water partition coefficient (Wildman–Crippen LogP) is 4.63. The first-order chi connectivity index (χ1) is 17.9. The standard InChI is InChI=1S/C30H32N2O5/c1-20(17-22-9-11-24(36-3)12-10-22)32(21(2)33)18-27(34)25-13-15-28(30-26(25)14-16-29(35)31-30)37-19-23-7-5-4-6-8-23/h4-16,20,27,34H,17-19H2,1-3H3,(H,31,35)/t20?,27-/m1/s1. The van der Waals surface area contributed by atoms with Gasteiger partial charge in [0.25, 0.3) is 0 Å². The lowest BCUT2D eigenvalue weighted by atomic mass is 10.0. The molecule has 4 aromatic rings. The molecule has 3 aromatic carbocycles. The molecule has 0 aliphatic rings. The largest absolute Gasteiger partial charge is 0.497 e. The van der Waals surface area contributed by atoms with Crippen LogP contribution in [0.2, 0.25) is 0 Å². The Hall–Kier alpha value is -4.10. The second-order valence-corrected chi connectivity index (χ2v) is 9.13. The van der Waals surface area contributed by atoms with Crippen molar-refractivity contribution in [3.63, 3.8) is 0 Å². The number of carbonyl (C=O) groups is 1. The van der Waals surface area contributed by atoms with Crippen molar-refractivity contribution in [2.24, 2.45) is 0 Å². The third-order valence-corrected chi connectivity index (χ3v) is 6.48. The Morgan fingerprint density at radius 1 is 0.973 bits per heavy atom. The highest BCUT2D eigenvalue weighted by Crippen LogP contribution is 2.31. The van der Waals surface area contributed by atoms with E-state index in [1.54, 1.807) is 30.2 Å². The zero-order chi connectivity index (χ0) is 26.4. The van der Waals surface area contributed by atoms with E-state index in [4.69, 9.17) is 9.47 Å². The molecule has 0 fully saturated rings. The number of carbonyl (C=O) groups excluding carboxylic acids is 1. The van der Waals surface area contributed by atoms with E-state index in [-0.39, 0.29) is 24.1 Å². The molecule has 0 saturated carbocycles. The summed E-state index contributed by atoms with van der Waals surface area (Å²) in [6, 6.07) is 24.0. The lowest BCUT2D eigenvalue weighted by Crippen LogP contribution is -2.41. The Labute approximate surface area is 216 Å². The van der Waals surface area contributed by atoms with Gasteiger partial charge >= 0.3 is 0 Å². The van der Waals surface area contributed by atoms with Gasteiger partial charge in [0.05, 0.1) is 25.3 Å². The Balaban J connectivity index is 1.55. The van der Waals surface area contributed by atoms with Gasteiger partial charge in [-0.1, -0.05) is 48.5 Å². The highest BCUT2D eigenvalue weighted by molar-refractivity contribution is 5.88. The summed E-state index contributed by atoms with van der Waals surface area (Å²) in [5.41, 5.74) is 2.93. The van der Waals surface area contributed by atoms with Crippen LogP contribution >= 0.6 is 0 Å². The minimum atomic E-state index is -0.959. The maximum absolute atomic E-state index is 12.6. The first-order valence-electron chi connectivity index (χ1n) is 12.3. The molecule has 0 spiro atoms. The van der Waals surface area contributed by atoms with Gasteiger partial charge in [0.2, 0.25) is 11.5 Å². The van der Waals surface area contributed by atoms with Crippen molar-refractivity contribution in [3.8, 4) is 11.5 Å². The number of hydrogen-bond donors (Lipinski definition) is 2. The van der Waals surface area contributed by atoms with Gasteiger partial charge in [0.15, 0.2) is 0 Å². The molecule has 37 heavy (non-hydrogen) atoms. The minimum absolute atomic E-state index is 0.116. The second kappa shape index (κ2) is 11.8. The first-order valence-corrected chi connectivity index (χ1v) is 12.3. The fraction of sp³-hybridized carbons (Fsp3) is 0.267. The number of nitrogens with one attached hydrogen (secondary N) is 1. The summed E-state index contributed by atoms with van der Waals surface area (Å²) in [5.74, 6) is 1.17. The smallest absolute Gasteiger partial charge is 0.248 e. The van der Waals surface area contributed by atoms with E-state index in [9.17, 15) is 14.7 Å². The highest BCUT2D eigenvalue weighted by atomic mass is 16.5. The van der Waals surface area contributed by atoms with Gasteiger partial charge < -0.3 is 24.5 Å². The van der Waals surface area contributed by atoms with Crippen LogP contribution in [0.5, 0.6) is 11.5 Å². The van der Waals surface area contributed by atoms with Crippen molar-refractivity contribution < 1.29 is 19.4 Å².